The Morgan fingerprint density at radius 3 is 2.73 bits per heavy atom. The third-order valence-corrected chi connectivity index (χ3v) is 3.96. The SMILES string of the molecule is CC(=O)c1ccc2c(c1)oc(=O)n2CC(=O)OC1CCCC1. The lowest BCUT2D eigenvalue weighted by Gasteiger charge is -2.11. The van der Waals surface area contributed by atoms with Crippen LogP contribution in [0, 0.1) is 0 Å². The summed E-state index contributed by atoms with van der Waals surface area (Å²) in [5, 5.41) is 0. The van der Waals surface area contributed by atoms with E-state index in [0.717, 1.165) is 25.7 Å². The van der Waals surface area contributed by atoms with Crippen molar-refractivity contribution in [2.75, 3.05) is 0 Å². The minimum Gasteiger partial charge on any atom is -0.461 e. The van der Waals surface area contributed by atoms with Crippen LogP contribution in [0.5, 0.6) is 0 Å². The Labute approximate surface area is 126 Å². The Bertz CT molecular complexity index is 779. The molecule has 3 rings (SSSR count). The molecule has 0 atom stereocenters. The van der Waals surface area contributed by atoms with Crippen molar-refractivity contribution in [2.24, 2.45) is 0 Å². The summed E-state index contributed by atoms with van der Waals surface area (Å²) in [4.78, 5) is 35.2. The van der Waals surface area contributed by atoms with Gasteiger partial charge in [0.1, 0.15) is 12.6 Å². The van der Waals surface area contributed by atoms with Crippen LogP contribution in [0.25, 0.3) is 11.1 Å². The fraction of sp³-hybridized carbons (Fsp3) is 0.438. The number of carbonyl (C=O) groups is 2. The van der Waals surface area contributed by atoms with Crippen LogP contribution >= 0.6 is 0 Å². The molecule has 116 valence electrons. The summed E-state index contributed by atoms with van der Waals surface area (Å²) in [6, 6.07) is 4.73. The van der Waals surface area contributed by atoms with E-state index in [1.54, 1.807) is 12.1 Å². The second-order valence-electron chi connectivity index (χ2n) is 5.59. The molecule has 1 aliphatic carbocycles. The second-order valence-corrected chi connectivity index (χ2v) is 5.59. The van der Waals surface area contributed by atoms with E-state index in [1.165, 1.54) is 17.6 Å². The molecule has 1 aromatic carbocycles. The first-order valence-corrected chi connectivity index (χ1v) is 7.38. The zero-order chi connectivity index (χ0) is 15.7. The van der Waals surface area contributed by atoms with Crippen molar-refractivity contribution in [3.63, 3.8) is 0 Å². The lowest BCUT2D eigenvalue weighted by molar-refractivity contribution is -0.149. The van der Waals surface area contributed by atoms with Gasteiger partial charge in [-0.1, -0.05) is 0 Å². The molecule has 0 bridgehead atoms. The Morgan fingerprint density at radius 2 is 2.05 bits per heavy atom. The van der Waals surface area contributed by atoms with E-state index >= 15 is 0 Å². The predicted octanol–water partition coefficient (Wildman–Crippen LogP) is 2.28. The van der Waals surface area contributed by atoms with Crippen molar-refractivity contribution in [2.45, 2.75) is 45.3 Å². The van der Waals surface area contributed by atoms with Gasteiger partial charge >= 0.3 is 11.7 Å². The van der Waals surface area contributed by atoms with Gasteiger partial charge in [0.25, 0.3) is 0 Å². The number of hydrogen-bond donors (Lipinski definition) is 0. The van der Waals surface area contributed by atoms with Gasteiger partial charge in [0, 0.05) is 5.56 Å². The number of hydrogen-bond acceptors (Lipinski definition) is 5. The molecule has 6 nitrogen and oxygen atoms in total. The zero-order valence-corrected chi connectivity index (χ0v) is 12.3. The first-order chi connectivity index (χ1) is 10.5. The smallest absolute Gasteiger partial charge is 0.420 e. The van der Waals surface area contributed by atoms with E-state index in [0.29, 0.717) is 16.7 Å². The quantitative estimate of drug-likeness (QED) is 0.639. The molecule has 0 spiro atoms. The normalized spacial score (nSPS) is 15.3. The van der Waals surface area contributed by atoms with Crippen LogP contribution in [0.2, 0.25) is 0 Å². The first kappa shape index (κ1) is 14.6. The van der Waals surface area contributed by atoms with Gasteiger partial charge in [0.05, 0.1) is 5.52 Å². The number of aromatic nitrogens is 1. The topological polar surface area (TPSA) is 78.5 Å². The van der Waals surface area contributed by atoms with Crippen LogP contribution in [0.4, 0.5) is 0 Å². The van der Waals surface area contributed by atoms with Gasteiger partial charge in [-0.2, -0.15) is 0 Å². The minimum absolute atomic E-state index is 0.0364. The maximum atomic E-state index is 12.0. The number of nitrogens with zero attached hydrogens (tertiary/aromatic N) is 1. The Balaban J connectivity index is 1.83. The van der Waals surface area contributed by atoms with Gasteiger partial charge in [-0.25, -0.2) is 4.79 Å². The van der Waals surface area contributed by atoms with E-state index in [-0.39, 0.29) is 18.4 Å². The minimum atomic E-state index is -0.626. The zero-order valence-electron chi connectivity index (χ0n) is 12.3. The van der Waals surface area contributed by atoms with Gasteiger partial charge in [0.15, 0.2) is 11.4 Å². The van der Waals surface area contributed by atoms with E-state index in [2.05, 4.69) is 0 Å². The predicted molar refractivity (Wildman–Crippen MR) is 78.8 cm³/mol. The average Bonchev–Trinajstić information content (AvgIpc) is 3.07. The van der Waals surface area contributed by atoms with Crippen LogP contribution in [-0.2, 0) is 16.1 Å². The van der Waals surface area contributed by atoms with Gasteiger partial charge in [-0.3, -0.25) is 14.2 Å². The fourth-order valence-electron chi connectivity index (χ4n) is 2.79. The molecule has 0 radical (unpaired) electrons. The first-order valence-electron chi connectivity index (χ1n) is 7.38. The van der Waals surface area contributed by atoms with E-state index < -0.39 is 11.7 Å². The maximum absolute atomic E-state index is 12.0. The van der Waals surface area contributed by atoms with Crippen LogP contribution in [0.1, 0.15) is 43.0 Å². The van der Waals surface area contributed by atoms with Gasteiger partial charge < -0.3 is 9.15 Å². The number of rotatable bonds is 4. The number of Topliss-reactive ketones (excluding diaryl/α,β-unsaturated/α-hetero) is 1. The number of oxazole rings is 1. The Kier molecular flexibility index (Phi) is 3.83. The van der Waals surface area contributed by atoms with Crippen molar-refractivity contribution in [1.82, 2.24) is 4.57 Å². The summed E-state index contributed by atoms with van der Waals surface area (Å²) >= 11 is 0. The van der Waals surface area contributed by atoms with Crippen molar-refractivity contribution < 1.29 is 18.7 Å². The fourth-order valence-corrected chi connectivity index (χ4v) is 2.79. The van der Waals surface area contributed by atoms with Gasteiger partial charge in [0.2, 0.25) is 0 Å². The van der Waals surface area contributed by atoms with Gasteiger partial charge in [-0.05, 0) is 50.8 Å². The van der Waals surface area contributed by atoms with Crippen LogP contribution in [0.15, 0.2) is 27.4 Å². The lowest BCUT2D eigenvalue weighted by atomic mass is 10.1. The summed E-state index contributed by atoms with van der Waals surface area (Å²) < 4.78 is 11.7. The van der Waals surface area contributed by atoms with Crippen molar-refractivity contribution in [3.8, 4) is 0 Å². The summed E-state index contributed by atoms with van der Waals surface area (Å²) in [6.45, 7) is 1.26. The van der Waals surface area contributed by atoms with Gasteiger partial charge in [-0.15, -0.1) is 0 Å². The summed E-state index contributed by atoms with van der Waals surface area (Å²) in [5.74, 6) is -1.18. The molecule has 1 aromatic heterocycles. The number of carbonyl (C=O) groups excluding carboxylic acids is 2. The van der Waals surface area contributed by atoms with Crippen LogP contribution in [-0.4, -0.2) is 22.4 Å². The molecule has 1 saturated carbocycles. The summed E-state index contributed by atoms with van der Waals surface area (Å²) in [5.41, 5.74) is 1.24. The largest absolute Gasteiger partial charge is 0.461 e. The molecular formula is C16H17NO5. The molecule has 0 unspecified atom stereocenters. The molecule has 0 N–H and O–H groups in total. The Morgan fingerprint density at radius 1 is 1.32 bits per heavy atom. The highest BCUT2D eigenvalue weighted by Gasteiger charge is 2.21. The number of ketones is 1. The van der Waals surface area contributed by atoms with E-state index in [9.17, 15) is 14.4 Å². The van der Waals surface area contributed by atoms with Crippen LogP contribution < -0.4 is 5.76 Å². The standard InChI is InChI=1S/C16H17NO5/c1-10(18)11-6-7-13-14(8-11)22-16(20)17(13)9-15(19)21-12-4-2-3-5-12/h6-8,12H,2-5,9H2,1H3. The molecule has 0 saturated heterocycles. The molecule has 22 heavy (non-hydrogen) atoms. The van der Waals surface area contributed by atoms with Crippen molar-refractivity contribution in [3.05, 3.63) is 34.3 Å². The second kappa shape index (κ2) is 5.79. The third kappa shape index (κ3) is 2.81. The van der Waals surface area contributed by atoms with Crippen molar-refractivity contribution >= 4 is 22.9 Å². The van der Waals surface area contributed by atoms with E-state index in [4.69, 9.17) is 9.15 Å². The number of benzene rings is 1. The number of ether oxygens (including phenoxy) is 1. The summed E-state index contributed by atoms with van der Waals surface area (Å²) in [6.07, 6.45) is 3.87. The number of fused-ring (bicyclic) bond motifs is 1. The molecule has 2 aromatic rings. The molecule has 1 fully saturated rings. The highest BCUT2D eigenvalue weighted by molar-refractivity contribution is 5.97. The molecular weight excluding hydrogens is 286 g/mol. The molecule has 6 heteroatoms. The molecule has 1 heterocycles. The molecule has 0 amide bonds. The molecule has 1 aliphatic rings. The van der Waals surface area contributed by atoms with Crippen molar-refractivity contribution in [1.29, 1.82) is 0 Å². The molecule has 0 aliphatic heterocycles. The highest BCUT2D eigenvalue weighted by atomic mass is 16.5. The summed E-state index contributed by atoms with van der Waals surface area (Å²) in [7, 11) is 0. The third-order valence-electron chi connectivity index (χ3n) is 3.96. The highest BCUT2D eigenvalue weighted by Crippen LogP contribution is 2.21. The number of esters is 1. The average molecular weight is 303 g/mol. The van der Waals surface area contributed by atoms with E-state index in [1.807, 2.05) is 0 Å². The Hall–Kier alpha value is -2.37. The maximum Gasteiger partial charge on any atom is 0.420 e. The van der Waals surface area contributed by atoms with Crippen LogP contribution in [0.3, 0.4) is 0 Å². The lowest BCUT2D eigenvalue weighted by Crippen LogP contribution is -2.24. The monoisotopic (exact) mass is 303 g/mol.